The van der Waals surface area contributed by atoms with Crippen molar-refractivity contribution in [2.45, 2.75) is 39.8 Å². The van der Waals surface area contributed by atoms with Crippen LogP contribution in [-0.2, 0) is 9.59 Å². The fourth-order valence-electron chi connectivity index (χ4n) is 4.68. The minimum absolute atomic E-state index is 0.0311. The zero-order valence-corrected chi connectivity index (χ0v) is 22.1. The van der Waals surface area contributed by atoms with Gasteiger partial charge < -0.3 is 24.7 Å². The van der Waals surface area contributed by atoms with Gasteiger partial charge in [0.1, 0.15) is 11.5 Å². The van der Waals surface area contributed by atoms with E-state index in [1.165, 1.54) is 11.0 Å². The molecule has 9 heteroatoms. The average Bonchev–Trinajstić information content (AvgIpc) is 3.43. The van der Waals surface area contributed by atoms with E-state index in [1.807, 2.05) is 39.0 Å². The predicted octanol–water partition coefficient (Wildman–Crippen LogP) is 5.39. The predicted molar refractivity (Wildman–Crippen MR) is 147 cm³/mol. The van der Waals surface area contributed by atoms with Crippen LogP contribution in [0.15, 0.2) is 66.2 Å². The van der Waals surface area contributed by atoms with Crippen molar-refractivity contribution in [1.29, 1.82) is 0 Å². The van der Waals surface area contributed by atoms with Crippen LogP contribution in [0.5, 0.6) is 17.2 Å². The lowest BCUT2D eigenvalue weighted by molar-refractivity contribution is -0.132. The Kier molecular flexibility index (Phi) is 6.74. The Morgan fingerprint density at radius 1 is 1.08 bits per heavy atom. The summed E-state index contributed by atoms with van der Waals surface area (Å²) < 4.78 is 11.2. The quantitative estimate of drug-likeness (QED) is 0.167. The number of ketones is 1. The first-order chi connectivity index (χ1) is 18.7. The Morgan fingerprint density at radius 3 is 2.51 bits per heavy atom. The first kappa shape index (κ1) is 25.8. The molecule has 3 aromatic carbocycles. The number of aliphatic hydroxyl groups excluding tert-OH is 1. The Labute approximate surface area is 225 Å². The SMILES string of the molecule is CCOc1cc(C2/C(=C(\O)c3ccc(OC(C)C)cc3)C(=O)C(=O)N2c2nc3ccc(C)cc3[nH]2)ccc1O. The fraction of sp³-hybridized carbons (Fsp3) is 0.233. The van der Waals surface area contributed by atoms with E-state index >= 15 is 0 Å². The van der Waals surface area contributed by atoms with Crippen LogP contribution in [0.3, 0.4) is 0 Å². The highest BCUT2D eigenvalue weighted by atomic mass is 16.5. The molecule has 3 N–H and O–H groups in total. The average molecular weight is 528 g/mol. The van der Waals surface area contributed by atoms with E-state index < -0.39 is 17.7 Å². The molecule has 5 rings (SSSR count). The molecule has 200 valence electrons. The standard InChI is InChI=1S/C30H29N3O6/c1-5-38-24-15-19(9-13-23(24)34)26-25(27(35)18-7-10-20(11-8-18)39-16(2)3)28(36)29(37)33(26)30-31-21-12-6-17(4)14-22(21)32-30/h6-16,26,34-35H,5H2,1-4H3,(H,31,32)/b27-25+. The van der Waals surface area contributed by atoms with Crippen molar-refractivity contribution in [2.24, 2.45) is 0 Å². The number of nitrogens with one attached hydrogen (secondary N) is 1. The maximum atomic E-state index is 13.5. The molecule has 0 aliphatic carbocycles. The second-order valence-electron chi connectivity index (χ2n) is 9.60. The van der Waals surface area contributed by atoms with E-state index in [4.69, 9.17) is 9.47 Å². The van der Waals surface area contributed by atoms with Crippen molar-refractivity contribution in [3.05, 3.63) is 82.9 Å². The number of phenols is 1. The smallest absolute Gasteiger partial charge is 0.302 e. The van der Waals surface area contributed by atoms with Gasteiger partial charge in [0.15, 0.2) is 11.5 Å². The number of hydrogen-bond acceptors (Lipinski definition) is 7. The van der Waals surface area contributed by atoms with Gasteiger partial charge in [0.25, 0.3) is 5.78 Å². The van der Waals surface area contributed by atoms with Gasteiger partial charge in [-0.3, -0.25) is 14.5 Å². The van der Waals surface area contributed by atoms with E-state index in [-0.39, 0.29) is 34.9 Å². The summed E-state index contributed by atoms with van der Waals surface area (Å²) in [5.41, 5.74) is 3.01. The van der Waals surface area contributed by atoms with E-state index in [9.17, 15) is 19.8 Å². The Hall–Kier alpha value is -4.79. The monoisotopic (exact) mass is 527 g/mol. The molecule has 0 saturated carbocycles. The molecule has 1 amide bonds. The van der Waals surface area contributed by atoms with Gasteiger partial charge in [-0.15, -0.1) is 0 Å². The van der Waals surface area contributed by atoms with Crippen molar-refractivity contribution in [3.8, 4) is 17.2 Å². The summed E-state index contributed by atoms with van der Waals surface area (Å²) in [5.74, 6) is -1.17. The molecule has 2 heterocycles. The number of aromatic amines is 1. The number of rotatable bonds is 7. The highest BCUT2D eigenvalue weighted by molar-refractivity contribution is 6.51. The number of aryl methyl sites for hydroxylation is 1. The minimum Gasteiger partial charge on any atom is -0.507 e. The topological polar surface area (TPSA) is 125 Å². The molecule has 1 aliphatic heterocycles. The van der Waals surface area contributed by atoms with Crippen LogP contribution >= 0.6 is 0 Å². The normalized spacial score (nSPS) is 16.8. The molecule has 0 radical (unpaired) electrons. The van der Waals surface area contributed by atoms with Gasteiger partial charge in [0, 0.05) is 5.56 Å². The van der Waals surface area contributed by atoms with Crippen LogP contribution in [0, 0.1) is 6.92 Å². The van der Waals surface area contributed by atoms with Gasteiger partial charge in [-0.1, -0.05) is 12.1 Å². The number of aromatic hydroxyl groups is 1. The number of benzene rings is 3. The number of ether oxygens (including phenoxy) is 2. The number of hydrogen-bond donors (Lipinski definition) is 3. The molecule has 39 heavy (non-hydrogen) atoms. The third-order valence-corrected chi connectivity index (χ3v) is 6.40. The highest BCUT2D eigenvalue weighted by Crippen LogP contribution is 2.43. The maximum absolute atomic E-state index is 13.5. The van der Waals surface area contributed by atoms with Gasteiger partial charge in [-0.05, 0) is 87.4 Å². The van der Waals surface area contributed by atoms with E-state index in [2.05, 4.69) is 9.97 Å². The molecular weight excluding hydrogens is 498 g/mol. The first-order valence-electron chi connectivity index (χ1n) is 12.7. The van der Waals surface area contributed by atoms with Crippen LogP contribution in [0.25, 0.3) is 16.8 Å². The molecule has 9 nitrogen and oxygen atoms in total. The zero-order valence-electron chi connectivity index (χ0n) is 22.1. The van der Waals surface area contributed by atoms with Gasteiger partial charge in [0.2, 0.25) is 5.95 Å². The van der Waals surface area contributed by atoms with Crippen molar-refractivity contribution in [3.63, 3.8) is 0 Å². The van der Waals surface area contributed by atoms with E-state index in [1.54, 1.807) is 43.3 Å². The molecule has 1 aliphatic rings. The van der Waals surface area contributed by atoms with Crippen LogP contribution in [-0.4, -0.2) is 44.6 Å². The summed E-state index contributed by atoms with van der Waals surface area (Å²) >= 11 is 0. The van der Waals surface area contributed by atoms with E-state index in [0.717, 1.165) is 5.56 Å². The van der Waals surface area contributed by atoms with Crippen LogP contribution in [0.1, 0.15) is 43.5 Å². The first-order valence-corrected chi connectivity index (χ1v) is 12.7. The van der Waals surface area contributed by atoms with Crippen molar-refractivity contribution in [1.82, 2.24) is 9.97 Å². The second kappa shape index (κ2) is 10.2. The number of nitrogens with zero attached hydrogens (tertiary/aromatic N) is 2. The highest BCUT2D eigenvalue weighted by Gasteiger charge is 2.48. The number of phenolic OH excluding ortho intramolecular Hbond substituents is 1. The largest absolute Gasteiger partial charge is 0.507 e. The van der Waals surface area contributed by atoms with Gasteiger partial charge >= 0.3 is 5.91 Å². The lowest BCUT2D eigenvalue weighted by Gasteiger charge is -2.23. The number of H-pyrrole nitrogens is 1. The summed E-state index contributed by atoms with van der Waals surface area (Å²) in [4.78, 5) is 36.0. The Bertz CT molecular complexity index is 1600. The van der Waals surface area contributed by atoms with Gasteiger partial charge in [-0.2, -0.15) is 0 Å². The number of amides is 1. The number of anilines is 1. The molecule has 1 unspecified atom stereocenters. The van der Waals surface area contributed by atoms with Crippen LogP contribution in [0.4, 0.5) is 5.95 Å². The van der Waals surface area contributed by atoms with Crippen molar-refractivity contribution < 1.29 is 29.3 Å². The van der Waals surface area contributed by atoms with Crippen molar-refractivity contribution >= 4 is 34.4 Å². The number of carbonyl (C=O) groups excluding carboxylic acids is 2. The summed E-state index contributed by atoms with van der Waals surface area (Å²) in [6, 6.07) is 15.8. The third-order valence-electron chi connectivity index (χ3n) is 6.40. The minimum atomic E-state index is -1.04. The lowest BCUT2D eigenvalue weighted by Crippen LogP contribution is -2.30. The summed E-state index contributed by atoms with van der Waals surface area (Å²) in [6.45, 7) is 7.83. The van der Waals surface area contributed by atoms with Crippen LogP contribution in [0.2, 0.25) is 0 Å². The summed E-state index contributed by atoms with van der Waals surface area (Å²) in [5, 5.41) is 21.7. The number of aromatic nitrogens is 2. The molecule has 1 fully saturated rings. The van der Waals surface area contributed by atoms with Gasteiger partial charge in [0.05, 0.1) is 35.4 Å². The summed E-state index contributed by atoms with van der Waals surface area (Å²) in [6.07, 6.45) is -0.0311. The van der Waals surface area contributed by atoms with Crippen molar-refractivity contribution in [2.75, 3.05) is 11.5 Å². The van der Waals surface area contributed by atoms with Gasteiger partial charge in [-0.25, -0.2) is 4.98 Å². The molecule has 0 spiro atoms. The Balaban J connectivity index is 1.69. The zero-order chi connectivity index (χ0) is 27.8. The number of fused-ring (bicyclic) bond motifs is 1. The van der Waals surface area contributed by atoms with E-state index in [0.29, 0.717) is 34.5 Å². The Morgan fingerprint density at radius 2 is 1.82 bits per heavy atom. The van der Waals surface area contributed by atoms with Crippen LogP contribution < -0.4 is 14.4 Å². The summed E-state index contributed by atoms with van der Waals surface area (Å²) in [7, 11) is 0. The molecule has 0 bridgehead atoms. The molecule has 1 atom stereocenters. The maximum Gasteiger partial charge on any atom is 0.302 e. The second-order valence-corrected chi connectivity index (χ2v) is 9.60. The molecule has 4 aromatic rings. The fourth-order valence-corrected chi connectivity index (χ4v) is 4.68. The molecule has 1 aromatic heterocycles. The molecular formula is C30H29N3O6. The lowest BCUT2D eigenvalue weighted by atomic mass is 9.95. The number of aliphatic hydroxyl groups is 1. The third kappa shape index (κ3) is 4.79. The number of Topliss-reactive ketones (excluding diaryl/α,β-unsaturated/α-hetero) is 1. The number of imidazole rings is 1. The molecule has 1 saturated heterocycles. The number of carbonyl (C=O) groups is 2.